The van der Waals surface area contributed by atoms with Gasteiger partial charge < -0.3 is 4.90 Å². The molecule has 0 unspecified atom stereocenters. The minimum absolute atomic E-state index is 0.872. The molecular formula is C15H33N. The Labute approximate surface area is 104 Å². The molecule has 1 nitrogen and oxygen atoms in total. The first kappa shape index (κ1) is 16.0. The third-order valence-electron chi connectivity index (χ3n) is 3.14. The van der Waals surface area contributed by atoms with Crippen molar-refractivity contribution in [2.24, 2.45) is 11.8 Å². The standard InChI is InChI=1S/C15H33N/c1-14(2)10-6-8-12-16(5)13-9-7-11-15(3)4/h14-15H,6-13H2,1-5H3. The molecule has 0 heterocycles. The Morgan fingerprint density at radius 3 is 1.38 bits per heavy atom. The van der Waals surface area contributed by atoms with E-state index in [1.54, 1.807) is 0 Å². The summed E-state index contributed by atoms with van der Waals surface area (Å²) in [6, 6.07) is 0. The van der Waals surface area contributed by atoms with Gasteiger partial charge in [-0.15, -0.1) is 0 Å². The van der Waals surface area contributed by atoms with Gasteiger partial charge in [-0.05, 0) is 44.8 Å². The summed E-state index contributed by atoms with van der Waals surface area (Å²) in [5.74, 6) is 1.74. The van der Waals surface area contributed by atoms with Gasteiger partial charge in [0.25, 0.3) is 0 Å². The average Bonchev–Trinajstić information content (AvgIpc) is 2.19. The van der Waals surface area contributed by atoms with Crippen molar-refractivity contribution in [3.8, 4) is 0 Å². The van der Waals surface area contributed by atoms with Gasteiger partial charge >= 0.3 is 0 Å². The molecule has 0 amide bonds. The van der Waals surface area contributed by atoms with Crippen molar-refractivity contribution < 1.29 is 0 Å². The van der Waals surface area contributed by atoms with Crippen LogP contribution in [0.2, 0.25) is 0 Å². The van der Waals surface area contributed by atoms with E-state index in [0.717, 1.165) is 11.8 Å². The monoisotopic (exact) mass is 227 g/mol. The Kier molecular flexibility index (Phi) is 10.1. The van der Waals surface area contributed by atoms with Gasteiger partial charge in [-0.25, -0.2) is 0 Å². The Balaban J connectivity index is 3.21. The number of unbranched alkanes of at least 4 members (excludes halogenated alkanes) is 2. The predicted molar refractivity (Wildman–Crippen MR) is 74.9 cm³/mol. The van der Waals surface area contributed by atoms with Crippen molar-refractivity contribution in [3.63, 3.8) is 0 Å². The second kappa shape index (κ2) is 10.1. The van der Waals surface area contributed by atoms with Crippen molar-refractivity contribution in [1.29, 1.82) is 0 Å². The zero-order chi connectivity index (χ0) is 12.4. The van der Waals surface area contributed by atoms with Gasteiger partial charge in [0.05, 0.1) is 0 Å². The van der Waals surface area contributed by atoms with Crippen LogP contribution in [0.4, 0.5) is 0 Å². The minimum Gasteiger partial charge on any atom is -0.306 e. The fraction of sp³-hybridized carbons (Fsp3) is 1.00. The SMILES string of the molecule is CC(C)CCCCN(C)CCCCC(C)C. The van der Waals surface area contributed by atoms with Gasteiger partial charge in [0.15, 0.2) is 0 Å². The summed E-state index contributed by atoms with van der Waals surface area (Å²) in [5.41, 5.74) is 0. The van der Waals surface area contributed by atoms with E-state index in [0.29, 0.717) is 0 Å². The van der Waals surface area contributed by atoms with E-state index in [2.05, 4.69) is 39.6 Å². The molecule has 0 rings (SSSR count). The molecule has 98 valence electrons. The van der Waals surface area contributed by atoms with Crippen LogP contribution in [0.15, 0.2) is 0 Å². The van der Waals surface area contributed by atoms with E-state index < -0.39 is 0 Å². The highest BCUT2D eigenvalue weighted by molar-refractivity contribution is 4.55. The van der Waals surface area contributed by atoms with Crippen molar-refractivity contribution in [2.45, 2.75) is 66.2 Å². The Morgan fingerprint density at radius 1 is 0.688 bits per heavy atom. The molecule has 0 aromatic carbocycles. The highest BCUT2D eigenvalue weighted by Crippen LogP contribution is 2.08. The first-order chi connectivity index (χ1) is 7.52. The maximum absolute atomic E-state index is 2.50. The van der Waals surface area contributed by atoms with Gasteiger partial charge in [-0.2, -0.15) is 0 Å². The van der Waals surface area contributed by atoms with Gasteiger partial charge in [-0.3, -0.25) is 0 Å². The molecule has 0 N–H and O–H groups in total. The van der Waals surface area contributed by atoms with Gasteiger partial charge in [0.1, 0.15) is 0 Å². The van der Waals surface area contributed by atoms with E-state index in [1.165, 1.54) is 51.6 Å². The molecule has 1 heteroatoms. The van der Waals surface area contributed by atoms with Crippen molar-refractivity contribution in [3.05, 3.63) is 0 Å². The lowest BCUT2D eigenvalue weighted by molar-refractivity contribution is 0.309. The lowest BCUT2D eigenvalue weighted by atomic mass is 10.1. The number of hydrogen-bond acceptors (Lipinski definition) is 1. The molecule has 0 saturated heterocycles. The summed E-state index contributed by atoms with van der Waals surface area (Å²) in [6.07, 6.45) is 8.32. The average molecular weight is 227 g/mol. The third-order valence-corrected chi connectivity index (χ3v) is 3.14. The zero-order valence-corrected chi connectivity index (χ0v) is 12.3. The highest BCUT2D eigenvalue weighted by atomic mass is 15.1. The second-order valence-corrected chi connectivity index (χ2v) is 6.08. The molecule has 0 spiro atoms. The van der Waals surface area contributed by atoms with Crippen LogP contribution in [0.3, 0.4) is 0 Å². The summed E-state index contributed by atoms with van der Waals surface area (Å²) < 4.78 is 0. The van der Waals surface area contributed by atoms with Crippen LogP contribution in [-0.2, 0) is 0 Å². The third kappa shape index (κ3) is 12.0. The number of nitrogens with zero attached hydrogens (tertiary/aromatic N) is 1. The first-order valence-electron chi connectivity index (χ1n) is 7.21. The van der Waals surface area contributed by atoms with Crippen LogP contribution in [0.1, 0.15) is 66.2 Å². The minimum atomic E-state index is 0.872. The lowest BCUT2D eigenvalue weighted by Gasteiger charge is -2.17. The first-order valence-corrected chi connectivity index (χ1v) is 7.21. The predicted octanol–water partition coefficient (Wildman–Crippen LogP) is 4.57. The van der Waals surface area contributed by atoms with E-state index in [1.807, 2.05) is 0 Å². The van der Waals surface area contributed by atoms with E-state index in [9.17, 15) is 0 Å². The van der Waals surface area contributed by atoms with Crippen LogP contribution >= 0.6 is 0 Å². The molecule has 0 aliphatic heterocycles. The van der Waals surface area contributed by atoms with Crippen LogP contribution in [-0.4, -0.2) is 25.0 Å². The summed E-state index contributed by atoms with van der Waals surface area (Å²) in [5, 5.41) is 0. The molecule has 0 bridgehead atoms. The molecule has 0 aliphatic rings. The Hall–Kier alpha value is -0.0400. The highest BCUT2D eigenvalue weighted by Gasteiger charge is 2.00. The number of hydrogen-bond donors (Lipinski definition) is 0. The van der Waals surface area contributed by atoms with Crippen LogP contribution in [0.25, 0.3) is 0 Å². The molecule has 0 radical (unpaired) electrons. The molecule has 0 fully saturated rings. The largest absolute Gasteiger partial charge is 0.306 e. The molecule has 16 heavy (non-hydrogen) atoms. The summed E-state index contributed by atoms with van der Waals surface area (Å²) in [7, 11) is 2.27. The summed E-state index contributed by atoms with van der Waals surface area (Å²) in [6.45, 7) is 11.8. The lowest BCUT2D eigenvalue weighted by Crippen LogP contribution is -2.21. The van der Waals surface area contributed by atoms with Crippen molar-refractivity contribution in [1.82, 2.24) is 4.90 Å². The molecule has 0 atom stereocenters. The van der Waals surface area contributed by atoms with Crippen LogP contribution in [0.5, 0.6) is 0 Å². The van der Waals surface area contributed by atoms with Gasteiger partial charge in [-0.1, -0.05) is 53.4 Å². The van der Waals surface area contributed by atoms with Gasteiger partial charge in [0, 0.05) is 0 Å². The molecule has 0 aromatic rings. The van der Waals surface area contributed by atoms with Crippen molar-refractivity contribution in [2.75, 3.05) is 20.1 Å². The van der Waals surface area contributed by atoms with E-state index in [-0.39, 0.29) is 0 Å². The van der Waals surface area contributed by atoms with Crippen LogP contribution in [0, 0.1) is 11.8 Å². The molecular weight excluding hydrogens is 194 g/mol. The topological polar surface area (TPSA) is 3.24 Å². The fourth-order valence-corrected chi connectivity index (χ4v) is 1.98. The molecule has 0 saturated carbocycles. The fourth-order valence-electron chi connectivity index (χ4n) is 1.98. The smallest absolute Gasteiger partial charge is 0.00218 e. The maximum atomic E-state index is 2.50. The Bertz CT molecular complexity index is 124. The van der Waals surface area contributed by atoms with E-state index >= 15 is 0 Å². The van der Waals surface area contributed by atoms with Gasteiger partial charge in [0.2, 0.25) is 0 Å². The molecule has 0 aliphatic carbocycles. The normalized spacial score (nSPS) is 12.0. The Morgan fingerprint density at radius 2 is 1.06 bits per heavy atom. The molecule has 0 aromatic heterocycles. The van der Waals surface area contributed by atoms with E-state index in [4.69, 9.17) is 0 Å². The zero-order valence-electron chi connectivity index (χ0n) is 12.3. The van der Waals surface area contributed by atoms with Crippen LogP contribution < -0.4 is 0 Å². The summed E-state index contributed by atoms with van der Waals surface area (Å²) >= 11 is 0. The maximum Gasteiger partial charge on any atom is -0.00218 e. The second-order valence-electron chi connectivity index (χ2n) is 6.08. The number of rotatable bonds is 10. The summed E-state index contributed by atoms with van der Waals surface area (Å²) in [4.78, 5) is 2.50. The van der Waals surface area contributed by atoms with Crippen molar-refractivity contribution >= 4 is 0 Å². The quantitative estimate of drug-likeness (QED) is 0.494.